The van der Waals surface area contributed by atoms with Crippen molar-refractivity contribution in [2.24, 2.45) is 5.73 Å². The first kappa shape index (κ1) is 13.9. The summed E-state index contributed by atoms with van der Waals surface area (Å²) in [5.41, 5.74) is 6.10. The lowest BCUT2D eigenvalue weighted by Gasteiger charge is -2.12. The van der Waals surface area contributed by atoms with Gasteiger partial charge in [-0.25, -0.2) is 0 Å². The highest BCUT2D eigenvalue weighted by molar-refractivity contribution is 5.91. The van der Waals surface area contributed by atoms with Crippen LogP contribution in [0.2, 0.25) is 0 Å². The van der Waals surface area contributed by atoms with Crippen LogP contribution in [0.3, 0.4) is 0 Å². The molecule has 0 unspecified atom stereocenters. The highest BCUT2D eigenvalue weighted by Crippen LogP contribution is 2.12. The van der Waals surface area contributed by atoms with E-state index in [9.17, 15) is 14.9 Å². The van der Waals surface area contributed by atoms with E-state index < -0.39 is 4.92 Å². The second-order valence-corrected chi connectivity index (χ2v) is 3.73. The van der Waals surface area contributed by atoms with Gasteiger partial charge in [-0.2, -0.15) is 0 Å². The number of nitro benzene ring substituents is 1. The molecule has 96 valence electrons. The van der Waals surface area contributed by atoms with Crippen molar-refractivity contribution in [1.29, 1.82) is 0 Å². The summed E-state index contributed by atoms with van der Waals surface area (Å²) in [6.07, 6.45) is 3.02. The van der Waals surface area contributed by atoms with E-state index in [1.807, 2.05) is 0 Å². The molecule has 1 amide bonds. The average molecular weight is 249 g/mol. The lowest BCUT2D eigenvalue weighted by Crippen LogP contribution is -2.30. The van der Waals surface area contributed by atoms with Gasteiger partial charge in [0.25, 0.3) is 5.69 Å². The van der Waals surface area contributed by atoms with E-state index in [1.165, 1.54) is 23.1 Å². The van der Waals surface area contributed by atoms with Crippen LogP contribution in [0.1, 0.15) is 5.56 Å². The van der Waals surface area contributed by atoms with E-state index in [2.05, 4.69) is 0 Å². The Labute approximate surface area is 105 Å². The third-order valence-corrected chi connectivity index (χ3v) is 2.36. The molecule has 18 heavy (non-hydrogen) atoms. The molecule has 1 rings (SSSR count). The Kier molecular flexibility index (Phi) is 5.01. The molecular weight excluding hydrogens is 234 g/mol. The van der Waals surface area contributed by atoms with Gasteiger partial charge in [0.15, 0.2) is 0 Å². The van der Waals surface area contributed by atoms with Crippen LogP contribution in [0.15, 0.2) is 30.3 Å². The van der Waals surface area contributed by atoms with E-state index in [1.54, 1.807) is 25.3 Å². The molecule has 0 radical (unpaired) electrons. The van der Waals surface area contributed by atoms with Crippen molar-refractivity contribution >= 4 is 17.7 Å². The molecule has 0 bridgehead atoms. The van der Waals surface area contributed by atoms with Crippen molar-refractivity contribution in [3.63, 3.8) is 0 Å². The van der Waals surface area contributed by atoms with Gasteiger partial charge in [0.05, 0.1) is 4.92 Å². The van der Waals surface area contributed by atoms with Crippen LogP contribution in [0, 0.1) is 10.1 Å². The molecule has 0 fully saturated rings. The summed E-state index contributed by atoms with van der Waals surface area (Å²) < 4.78 is 0. The zero-order valence-electron chi connectivity index (χ0n) is 10.1. The largest absolute Gasteiger partial charge is 0.341 e. The molecule has 0 saturated heterocycles. The minimum absolute atomic E-state index is 0.0266. The molecule has 1 aromatic carbocycles. The molecule has 2 N–H and O–H groups in total. The summed E-state index contributed by atoms with van der Waals surface area (Å²) in [6, 6.07) is 5.97. The van der Waals surface area contributed by atoms with Crippen LogP contribution in [0.5, 0.6) is 0 Å². The number of benzene rings is 1. The van der Waals surface area contributed by atoms with Crippen LogP contribution in [0.4, 0.5) is 5.69 Å². The van der Waals surface area contributed by atoms with Crippen LogP contribution < -0.4 is 5.73 Å². The molecule has 0 heterocycles. The standard InChI is InChI=1S/C12H15N3O3/c1-14(9-8-13)12(16)7-4-10-2-5-11(6-3-10)15(17)18/h2-7H,8-9,13H2,1H3. The predicted molar refractivity (Wildman–Crippen MR) is 68.8 cm³/mol. The molecule has 0 aliphatic rings. The summed E-state index contributed by atoms with van der Waals surface area (Å²) in [6.45, 7) is 0.900. The number of rotatable bonds is 5. The first-order valence-corrected chi connectivity index (χ1v) is 5.42. The molecule has 6 nitrogen and oxygen atoms in total. The highest BCUT2D eigenvalue weighted by atomic mass is 16.6. The monoisotopic (exact) mass is 249 g/mol. The lowest BCUT2D eigenvalue weighted by atomic mass is 10.2. The van der Waals surface area contributed by atoms with Gasteiger partial charge in [-0.15, -0.1) is 0 Å². The van der Waals surface area contributed by atoms with Crippen LogP contribution in [-0.2, 0) is 4.79 Å². The van der Waals surface area contributed by atoms with Crippen molar-refractivity contribution in [1.82, 2.24) is 4.90 Å². The summed E-state index contributed by atoms with van der Waals surface area (Å²) in [5.74, 6) is -0.154. The maximum absolute atomic E-state index is 11.6. The van der Waals surface area contributed by atoms with Gasteiger partial charge in [-0.05, 0) is 23.8 Å². The van der Waals surface area contributed by atoms with Crippen molar-refractivity contribution in [2.75, 3.05) is 20.1 Å². The lowest BCUT2D eigenvalue weighted by molar-refractivity contribution is -0.384. The quantitative estimate of drug-likeness (QED) is 0.479. The van der Waals surface area contributed by atoms with Crippen LogP contribution >= 0.6 is 0 Å². The Morgan fingerprint density at radius 1 is 1.44 bits per heavy atom. The topological polar surface area (TPSA) is 89.5 Å². The van der Waals surface area contributed by atoms with Gasteiger partial charge in [0.1, 0.15) is 0 Å². The number of non-ortho nitro benzene ring substituents is 1. The SMILES string of the molecule is CN(CCN)C(=O)C=Cc1ccc([N+](=O)[O-])cc1. The molecule has 0 saturated carbocycles. The zero-order chi connectivity index (χ0) is 13.5. The van der Waals surface area contributed by atoms with Gasteiger partial charge < -0.3 is 10.6 Å². The molecule has 0 aliphatic heterocycles. The van der Waals surface area contributed by atoms with Crippen molar-refractivity contribution < 1.29 is 9.72 Å². The normalized spacial score (nSPS) is 10.6. The Bertz CT molecular complexity index is 454. The number of nitro groups is 1. The van der Waals surface area contributed by atoms with Gasteiger partial charge in [0.2, 0.25) is 5.91 Å². The summed E-state index contributed by atoms with van der Waals surface area (Å²) in [7, 11) is 1.66. The Morgan fingerprint density at radius 3 is 2.56 bits per heavy atom. The van der Waals surface area contributed by atoms with Gasteiger partial charge in [0, 0.05) is 38.3 Å². The molecule has 6 heteroatoms. The number of hydrogen-bond acceptors (Lipinski definition) is 4. The second-order valence-electron chi connectivity index (χ2n) is 3.73. The van der Waals surface area contributed by atoms with E-state index in [0.717, 1.165) is 5.56 Å². The first-order valence-electron chi connectivity index (χ1n) is 5.42. The van der Waals surface area contributed by atoms with Gasteiger partial charge in [-0.1, -0.05) is 0 Å². The number of carbonyl (C=O) groups is 1. The van der Waals surface area contributed by atoms with E-state index in [4.69, 9.17) is 5.73 Å². The number of amides is 1. The number of hydrogen-bond donors (Lipinski definition) is 1. The fourth-order valence-electron chi connectivity index (χ4n) is 1.31. The van der Waals surface area contributed by atoms with Crippen LogP contribution in [-0.4, -0.2) is 35.9 Å². The fraction of sp³-hybridized carbons (Fsp3) is 0.250. The Balaban J connectivity index is 2.67. The maximum Gasteiger partial charge on any atom is 0.269 e. The zero-order valence-corrected chi connectivity index (χ0v) is 10.1. The summed E-state index contributed by atoms with van der Waals surface area (Å²) in [5, 5.41) is 10.5. The molecule has 0 atom stereocenters. The van der Waals surface area contributed by atoms with Crippen molar-refractivity contribution in [3.05, 3.63) is 46.0 Å². The highest BCUT2D eigenvalue weighted by Gasteiger charge is 2.04. The van der Waals surface area contributed by atoms with E-state index in [0.29, 0.717) is 13.1 Å². The third kappa shape index (κ3) is 3.99. The smallest absolute Gasteiger partial charge is 0.269 e. The third-order valence-electron chi connectivity index (χ3n) is 2.36. The van der Waals surface area contributed by atoms with Gasteiger partial charge in [-0.3, -0.25) is 14.9 Å². The van der Waals surface area contributed by atoms with Crippen molar-refractivity contribution in [3.8, 4) is 0 Å². The number of likely N-dealkylation sites (N-methyl/N-ethyl adjacent to an activating group) is 1. The number of carbonyl (C=O) groups excluding carboxylic acids is 1. The Morgan fingerprint density at radius 2 is 2.06 bits per heavy atom. The summed E-state index contributed by atoms with van der Waals surface area (Å²) >= 11 is 0. The molecule has 1 aromatic rings. The number of nitrogens with zero attached hydrogens (tertiary/aromatic N) is 2. The van der Waals surface area contributed by atoms with Gasteiger partial charge >= 0.3 is 0 Å². The van der Waals surface area contributed by atoms with Crippen molar-refractivity contribution in [2.45, 2.75) is 0 Å². The minimum Gasteiger partial charge on any atom is -0.341 e. The number of nitrogens with two attached hydrogens (primary N) is 1. The van der Waals surface area contributed by atoms with Crippen LogP contribution in [0.25, 0.3) is 6.08 Å². The summed E-state index contributed by atoms with van der Waals surface area (Å²) in [4.78, 5) is 23.0. The Hall–Kier alpha value is -2.21. The van der Waals surface area contributed by atoms with E-state index >= 15 is 0 Å². The molecular formula is C12H15N3O3. The molecule has 0 spiro atoms. The molecule has 0 aromatic heterocycles. The second kappa shape index (κ2) is 6.51. The first-order chi connectivity index (χ1) is 8.54. The average Bonchev–Trinajstić information content (AvgIpc) is 2.36. The van der Waals surface area contributed by atoms with E-state index in [-0.39, 0.29) is 11.6 Å². The fourth-order valence-corrected chi connectivity index (χ4v) is 1.31. The molecule has 0 aliphatic carbocycles. The maximum atomic E-state index is 11.6. The predicted octanol–water partition coefficient (Wildman–Crippen LogP) is 1.03. The minimum atomic E-state index is -0.465.